The standard InChI is InChI=1S/C27H20BrF3O7/c28-23-22(38-26(34)18-12-7-13-19(14-18)27(29,30)31)21(37-25(33)17-10-5-2-6-11-17)20(36-23)15-35-24(32)16-8-3-1-4-9-16/h1-14,20-23H,15H2/t20-,21-,22-,23+/m1/s1. The fourth-order valence-electron chi connectivity index (χ4n) is 3.68. The molecule has 4 atom stereocenters. The Kier molecular flexibility index (Phi) is 8.48. The van der Waals surface area contributed by atoms with Crippen LogP contribution in [0.15, 0.2) is 84.9 Å². The Morgan fingerprint density at radius 1 is 0.737 bits per heavy atom. The van der Waals surface area contributed by atoms with Gasteiger partial charge in [0.05, 0.1) is 22.3 Å². The number of carbonyl (C=O) groups excluding carboxylic acids is 3. The number of rotatable bonds is 7. The van der Waals surface area contributed by atoms with Crippen molar-refractivity contribution >= 4 is 33.8 Å². The van der Waals surface area contributed by atoms with Gasteiger partial charge in [0.15, 0.2) is 17.2 Å². The Labute approximate surface area is 223 Å². The van der Waals surface area contributed by atoms with E-state index in [1.165, 1.54) is 18.2 Å². The van der Waals surface area contributed by atoms with E-state index < -0.39 is 53.0 Å². The number of ether oxygens (including phenoxy) is 4. The van der Waals surface area contributed by atoms with Crippen molar-refractivity contribution < 1.29 is 46.5 Å². The topological polar surface area (TPSA) is 88.1 Å². The molecule has 198 valence electrons. The van der Waals surface area contributed by atoms with Crippen LogP contribution in [0.4, 0.5) is 13.2 Å². The van der Waals surface area contributed by atoms with E-state index in [1.807, 2.05) is 0 Å². The molecule has 7 nitrogen and oxygen atoms in total. The first-order valence-electron chi connectivity index (χ1n) is 11.3. The van der Waals surface area contributed by atoms with Crippen LogP contribution in [0, 0.1) is 0 Å². The van der Waals surface area contributed by atoms with Gasteiger partial charge in [0.25, 0.3) is 0 Å². The summed E-state index contributed by atoms with van der Waals surface area (Å²) < 4.78 is 61.4. The molecule has 0 unspecified atom stereocenters. The van der Waals surface area contributed by atoms with Crippen LogP contribution < -0.4 is 0 Å². The maximum Gasteiger partial charge on any atom is 0.416 e. The van der Waals surface area contributed by atoms with E-state index in [1.54, 1.807) is 48.5 Å². The largest absolute Gasteiger partial charge is 0.459 e. The molecule has 11 heteroatoms. The predicted octanol–water partition coefficient (Wildman–Crippen LogP) is 5.43. The first-order chi connectivity index (χ1) is 18.1. The molecular weight excluding hydrogens is 573 g/mol. The van der Waals surface area contributed by atoms with Crippen LogP contribution in [0.1, 0.15) is 36.6 Å². The summed E-state index contributed by atoms with van der Waals surface area (Å²) in [4.78, 5) is 38.0. The van der Waals surface area contributed by atoms with Crippen LogP contribution in [-0.2, 0) is 25.1 Å². The molecule has 0 bridgehead atoms. The van der Waals surface area contributed by atoms with Gasteiger partial charge in [-0.2, -0.15) is 13.2 Å². The van der Waals surface area contributed by atoms with Gasteiger partial charge in [-0.15, -0.1) is 0 Å². The second-order valence-electron chi connectivity index (χ2n) is 8.17. The summed E-state index contributed by atoms with van der Waals surface area (Å²) in [6.45, 7) is -0.361. The molecule has 0 saturated carbocycles. The number of hydrogen-bond acceptors (Lipinski definition) is 7. The molecule has 3 aromatic rings. The number of benzene rings is 3. The van der Waals surface area contributed by atoms with Gasteiger partial charge in [-0.1, -0.05) is 58.4 Å². The predicted molar refractivity (Wildman–Crippen MR) is 131 cm³/mol. The van der Waals surface area contributed by atoms with Gasteiger partial charge in [-0.3, -0.25) is 0 Å². The van der Waals surface area contributed by atoms with Crippen LogP contribution in [0.5, 0.6) is 0 Å². The highest BCUT2D eigenvalue weighted by molar-refractivity contribution is 9.09. The lowest BCUT2D eigenvalue weighted by Crippen LogP contribution is -2.41. The lowest BCUT2D eigenvalue weighted by atomic mass is 10.1. The molecule has 1 fully saturated rings. The molecule has 0 N–H and O–H groups in total. The number of hydrogen-bond donors (Lipinski definition) is 0. The van der Waals surface area contributed by atoms with Crippen molar-refractivity contribution in [2.45, 2.75) is 29.5 Å². The maximum atomic E-state index is 13.1. The zero-order valence-corrected chi connectivity index (χ0v) is 21.1. The summed E-state index contributed by atoms with van der Waals surface area (Å²) in [5.74, 6) is -2.50. The van der Waals surface area contributed by atoms with Crippen LogP contribution in [-0.4, -0.2) is 47.8 Å². The van der Waals surface area contributed by atoms with Gasteiger partial charge in [-0.25, -0.2) is 14.4 Å². The maximum absolute atomic E-state index is 13.1. The van der Waals surface area contributed by atoms with E-state index in [0.29, 0.717) is 6.07 Å². The van der Waals surface area contributed by atoms with Crippen molar-refractivity contribution in [2.24, 2.45) is 0 Å². The molecular formula is C27H20BrF3O7. The first kappa shape index (κ1) is 27.3. The third-order valence-corrected chi connectivity index (χ3v) is 6.30. The molecule has 1 aliphatic rings. The van der Waals surface area contributed by atoms with E-state index in [9.17, 15) is 27.6 Å². The minimum atomic E-state index is -4.66. The summed E-state index contributed by atoms with van der Waals surface area (Å²) >= 11 is 3.22. The van der Waals surface area contributed by atoms with Crippen LogP contribution in [0.2, 0.25) is 0 Å². The monoisotopic (exact) mass is 592 g/mol. The van der Waals surface area contributed by atoms with E-state index >= 15 is 0 Å². The fraction of sp³-hybridized carbons (Fsp3) is 0.222. The molecule has 1 saturated heterocycles. The smallest absolute Gasteiger partial charge is 0.416 e. The molecule has 0 aromatic heterocycles. The fourth-order valence-corrected chi connectivity index (χ4v) is 4.36. The highest BCUT2D eigenvalue weighted by Gasteiger charge is 2.49. The summed E-state index contributed by atoms with van der Waals surface area (Å²) in [6.07, 6.45) is -8.25. The van der Waals surface area contributed by atoms with Crippen LogP contribution >= 0.6 is 15.9 Å². The SMILES string of the molecule is O=C(OC[C@H]1O[C@H](Br)[C@H](OC(=O)c2cccc(C(F)(F)F)c2)[C@@H]1OC(=O)c1ccccc1)c1ccccc1. The highest BCUT2D eigenvalue weighted by atomic mass is 79.9. The van der Waals surface area contributed by atoms with Gasteiger partial charge < -0.3 is 18.9 Å². The lowest BCUT2D eigenvalue weighted by molar-refractivity contribution is -0.137. The Hall–Kier alpha value is -3.70. The summed E-state index contributed by atoms with van der Waals surface area (Å²) in [5, 5.41) is -1.02. The summed E-state index contributed by atoms with van der Waals surface area (Å²) in [6, 6.07) is 19.9. The Morgan fingerprint density at radius 2 is 1.26 bits per heavy atom. The number of esters is 3. The van der Waals surface area contributed by atoms with Gasteiger partial charge in [0.1, 0.15) is 12.7 Å². The molecule has 0 spiro atoms. The highest BCUT2D eigenvalue weighted by Crippen LogP contribution is 2.33. The Morgan fingerprint density at radius 3 is 1.87 bits per heavy atom. The summed E-state index contributed by atoms with van der Waals surface area (Å²) in [7, 11) is 0. The van der Waals surface area contributed by atoms with E-state index in [0.717, 1.165) is 12.1 Å². The van der Waals surface area contributed by atoms with Crippen molar-refractivity contribution in [3.63, 3.8) is 0 Å². The third kappa shape index (κ3) is 6.59. The average molecular weight is 593 g/mol. The minimum Gasteiger partial charge on any atom is -0.459 e. The van der Waals surface area contributed by atoms with Crippen LogP contribution in [0.25, 0.3) is 0 Å². The van der Waals surface area contributed by atoms with Crippen molar-refractivity contribution in [3.05, 3.63) is 107 Å². The molecule has 1 heterocycles. The first-order valence-corrected chi connectivity index (χ1v) is 12.2. The molecule has 0 radical (unpaired) electrons. The molecule has 0 aliphatic carbocycles. The second-order valence-corrected chi connectivity index (χ2v) is 9.08. The second kappa shape index (κ2) is 11.8. The van der Waals surface area contributed by atoms with Crippen molar-refractivity contribution in [1.82, 2.24) is 0 Å². The van der Waals surface area contributed by atoms with Gasteiger partial charge in [0.2, 0.25) is 0 Å². The number of halogens is 4. The normalized spacial score (nSPS) is 20.9. The van der Waals surface area contributed by atoms with Crippen LogP contribution in [0.3, 0.4) is 0 Å². The zero-order valence-electron chi connectivity index (χ0n) is 19.5. The number of alkyl halides is 4. The number of carbonyl (C=O) groups is 3. The van der Waals surface area contributed by atoms with E-state index in [4.69, 9.17) is 18.9 Å². The molecule has 3 aromatic carbocycles. The minimum absolute atomic E-state index is 0.202. The molecule has 38 heavy (non-hydrogen) atoms. The van der Waals surface area contributed by atoms with E-state index in [2.05, 4.69) is 15.9 Å². The van der Waals surface area contributed by atoms with Crippen molar-refractivity contribution in [2.75, 3.05) is 6.61 Å². The molecule has 1 aliphatic heterocycles. The average Bonchev–Trinajstić information content (AvgIpc) is 3.21. The zero-order chi connectivity index (χ0) is 27.3. The van der Waals surface area contributed by atoms with Gasteiger partial charge in [0, 0.05) is 0 Å². The molecule has 4 rings (SSSR count). The third-order valence-electron chi connectivity index (χ3n) is 5.56. The quantitative estimate of drug-likeness (QED) is 0.205. The van der Waals surface area contributed by atoms with Gasteiger partial charge in [-0.05, 0) is 42.5 Å². The van der Waals surface area contributed by atoms with Gasteiger partial charge >= 0.3 is 24.1 Å². The molecule has 0 amide bonds. The summed E-state index contributed by atoms with van der Waals surface area (Å²) in [5.41, 5.74) is -0.894. The van der Waals surface area contributed by atoms with E-state index in [-0.39, 0.29) is 23.3 Å². The Balaban J connectivity index is 1.53. The Bertz CT molecular complexity index is 1280. The van der Waals surface area contributed by atoms with Crippen molar-refractivity contribution in [1.29, 1.82) is 0 Å². The van der Waals surface area contributed by atoms with Crippen molar-refractivity contribution in [3.8, 4) is 0 Å². The lowest BCUT2D eigenvalue weighted by Gasteiger charge is -2.23.